The van der Waals surface area contributed by atoms with Gasteiger partial charge in [0.2, 0.25) is 5.91 Å². The molecule has 1 rings (SSSR count). The summed E-state index contributed by atoms with van der Waals surface area (Å²) in [6, 6.07) is 0. The minimum absolute atomic E-state index is 0.119. The number of aliphatic carboxylic acids is 1. The molecule has 0 radical (unpaired) electrons. The SMILES string of the molecule is CC(=O)Nc1nc(CNCCC(C)CCC(=O)O)cs1. The fraction of sp³-hybridized carbons (Fsp3) is 0.615. The van der Waals surface area contributed by atoms with Crippen LogP contribution < -0.4 is 10.6 Å². The number of nitrogens with one attached hydrogen (secondary N) is 2. The molecule has 0 aliphatic carbocycles. The average Bonchev–Trinajstić information content (AvgIpc) is 2.79. The number of carbonyl (C=O) groups excluding carboxylic acids is 1. The van der Waals surface area contributed by atoms with Crippen LogP contribution in [0.2, 0.25) is 0 Å². The first kappa shape index (κ1) is 16.6. The van der Waals surface area contributed by atoms with E-state index in [1.165, 1.54) is 18.3 Å². The lowest BCUT2D eigenvalue weighted by Crippen LogP contribution is -2.17. The van der Waals surface area contributed by atoms with Crippen molar-refractivity contribution in [1.29, 1.82) is 0 Å². The minimum atomic E-state index is -0.738. The lowest BCUT2D eigenvalue weighted by atomic mass is 10.0. The van der Waals surface area contributed by atoms with E-state index in [9.17, 15) is 9.59 Å². The van der Waals surface area contributed by atoms with E-state index >= 15 is 0 Å². The quantitative estimate of drug-likeness (QED) is 0.607. The molecule has 0 saturated heterocycles. The highest BCUT2D eigenvalue weighted by atomic mass is 32.1. The molecular weight excluding hydrogens is 278 g/mol. The number of anilines is 1. The van der Waals surface area contributed by atoms with Crippen LogP contribution in [0.1, 0.15) is 38.8 Å². The number of carbonyl (C=O) groups is 2. The monoisotopic (exact) mass is 299 g/mol. The third kappa shape index (κ3) is 7.20. The summed E-state index contributed by atoms with van der Waals surface area (Å²) in [7, 11) is 0. The van der Waals surface area contributed by atoms with Gasteiger partial charge in [-0.1, -0.05) is 6.92 Å². The third-order valence-corrected chi connectivity index (χ3v) is 3.61. The molecule has 0 aromatic carbocycles. The van der Waals surface area contributed by atoms with E-state index in [4.69, 9.17) is 5.11 Å². The van der Waals surface area contributed by atoms with E-state index in [2.05, 4.69) is 22.5 Å². The molecule has 0 aliphatic heterocycles. The first-order valence-electron chi connectivity index (χ1n) is 6.62. The Morgan fingerprint density at radius 1 is 1.45 bits per heavy atom. The molecule has 20 heavy (non-hydrogen) atoms. The van der Waals surface area contributed by atoms with E-state index in [0.717, 1.165) is 18.7 Å². The second kappa shape index (κ2) is 8.65. The molecule has 1 unspecified atom stereocenters. The van der Waals surface area contributed by atoms with Gasteiger partial charge in [0.05, 0.1) is 5.69 Å². The molecule has 3 N–H and O–H groups in total. The Morgan fingerprint density at radius 3 is 2.85 bits per heavy atom. The van der Waals surface area contributed by atoms with Crippen LogP contribution in [0.25, 0.3) is 0 Å². The van der Waals surface area contributed by atoms with Crippen LogP contribution in [0.5, 0.6) is 0 Å². The molecule has 1 aromatic rings. The summed E-state index contributed by atoms with van der Waals surface area (Å²) in [5, 5.41) is 17.0. The van der Waals surface area contributed by atoms with Crippen LogP contribution >= 0.6 is 11.3 Å². The molecule has 0 saturated carbocycles. The number of carboxylic acid groups (broad SMARTS) is 1. The van der Waals surface area contributed by atoms with Crippen LogP contribution in [0, 0.1) is 5.92 Å². The second-order valence-electron chi connectivity index (χ2n) is 4.83. The molecule has 112 valence electrons. The molecule has 0 fully saturated rings. The first-order valence-corrected chi connectivity index (χ1v) is 7.50. The number of carboxylic acids is 1. The van der Waals surface area contributed by atoms with Gasteiger partial charge in [0.25, 0.3) is 0 Å². The smallest absolute Gasteiger partial charge is 0.303 e. The largest absolute Gasteiger partial charge is 0.481 e. The molecule has 1 aromatic heterocycles. The summed E-state index contributed by atoms with van der Waals surface area (Å²) in [6.45, 7) is 5.00. The summed E-state index contributed by atoms with van der Waals surface area (Å²) >= 11 is 1.41. The van der Waals surface area contributed by atoms with Gasteiger partial charge in [-0.25, -0.2) is 4.98 Å². The fourth-order valence-electron chi connectivity index (χ4n) is 1.68. The van der Waals surface area contributed by atoms with Gasteiger partial charge in [-0.15, -0.1) is 11.3 Å². The predicted octanol–water partition coefficient (Wildman–Crippen LogP) is 2.08. The van der Waals surface area contributed by atoms with Crippen molar-refractivity contribution in [1.82, 2.24) is 10.3 Å². The Hall–Kier alpha value is -1.47. The Balaban J connectivity index is 2.16. The van der Waals surface area contributed by atoms with Crippen molar-refractivity contribution in [3.63, 3.8) is 0 Å². The highest BCUT2D eigenvalue weighted by Crippen LogP contribution is 2.15. The number of amides is 1. The van der Waals surface area contributed by atoms with Gasteiger partial charge in [-0.3, -0.25) is 9.59 Å². The predicted molar refractivity (Wildman–Crippen MR) is 78.8 cm³/mol. The highest BCUT2D eigenvalue weighted by Gasteiger charge is 2.06. The third-order valence-electron chi connectivity index (χ3n) is 2.81. The van der Waals surface area contributed by atoms with Gasteiger partial charge in [0.15, 0.2) is 5.13 Å². The maximum atomic E-state index is 10.9. The number of hydrogen-bond donors (Lipinski definition) is 3. The Labute approximate surface area is 122 Å². The van der Waals surface area contributed by atoms with Crippen molar-refractivity contribution in [3.05, 3.63) is 11.1 Å². The molecule has 7 heteroatoms. The van der Waals surface area contributed by atoms with Crippen molar-refractivity contribution >= 4 is 28.3 Å². The molecule has 0 spiro atoms. The molecule has 1 amide bonds. The maximum absolute atomic E-state index is 10.9. The van der Waals surface area contributed by atoms with Crippen LogP contribution in [0.15, 0.2) is 5.38 Å². The summed E-state index contributed by atoms with van der Waals surface area (Å²) in [6.07, 6.45) is 1.88. The molecular formula is C13H21N3O3S. The van der Waals surface area contributed by atoms with E-state index in [1.54, 1.807) is 0 Å². The van der Waals surface area contributed by atoms with Crippen LogP contribution in [0.4, 0.5) is 5.13 Å². The number of nitrogens with zero attached hydrogens (tertiary/aromatic N) is 1. The number of thiazole rings is 1. The number of aromatic nitrogens is 1. The fourth-order valence-corrected chi connectivity index (χ4v) is 2.43. The van der Waals surface area contributed by atoms with Crippen LogP contribution in [-0.2, 0) is 16.1 Å². The second-order valence-corrected chi connectivity index (χ2v) is 5.69. The molecule has 0 bridgehead atoms. The topological polar surface area (TPSA) is 91.3 Å². The Morgan fingerprint density at radius 2 is 2.20 bits per heavy atom. The standard InChI is InChI=1S/C13H21N3O3S/c1-9(3-4-12(18)19)5-6-14-7-11-8-20-13(16-11)15-10(2)17/h8-9,14H,3-7H2,1-2H3,(H,18,19)(H,15,16,17). The van der Waals surface area contributed by atoms with Crippen molar-refractivity contribution in [3.8, 4) is 0 Å². The normalized spacial score (nSPS) is 12.1. The zero-order valence-corrected chi connectivity index (χ0v) is 12.6. The maximum Gasteiger partial charge on any atom is 0.303 e. The van der Waals surface area contributed by atoms with Crippen molar-refractivity contribution in [2.24, 2.45) is 5.92 Å². The summed E-state index contributed by atoms with van der Waals surface area (Å²) in [5.74, 6) is -0.465. The van der Waals surface area contributed by atoms with Gasteiger partial charge in [-0.2, -0.15) is 0 Å². The molecule has 0 aliphatic rings. The summed E-state index contributed by atoms with van der Waals surface area (Å²) < 4.78 is 0. The van der Waals surface area contributed by atoms with Gasteiger partial charge in [0.1, 0.15) is 0 Å². The van der Waals surface area contributed by atoms with Gasteiger partial charge in [-0.05, 0) is 25.3 Å². The van der Waals surface area contributed by atoms with E-state index < -0.39 is 5.97 Å². The van der Waals surface area contributed by atoms with E-state index in [-0.39, 0.29) is 12.3 Å². The zero-order chi connectivity index (χ0) is 15.0. The zero-order valence-electron chi connectivity index (χ0n) is 11.8. The summed E-state index contributed by atoms with van der Waals surface area (Å²) in [5.41, 5.74) is 0.900. The molecule has 6 nitrogen and oxygen atoms in total. The van der Waals surface area contributed by atoms with Crippen molar-refractivity contribution < 1.29 is 14.7 Å². The minimum Gasteiger partial charge on any atom is -0.481 e. The molecule has 1 atom stereocenters. The molecule has 1 heterocycles. The van der Waals surface area contributed by atoms with Gasteiger partial charge in [0, 0.05) is 25.3 Å². The van der Waals surface area contributed by atoms with E-state index in [1.807, 2.05) is 5.38 Å². The van der Waals surface area contributed by atoms with E-state index in [0.29, 0.717) is 24.0 Å². The van der Waals surface area contributed by atoms with Crippen LogP contribution in [-0.4, -0.2) is 28.5 Å². The highest BCUT2D eigenvalue weighted by molar-refractivity contribution is 7.13. The Bertz CT molecular complexity index is 448. The lowest BCUT2D eigenvalue weighted by Gasteiger charge is -2.09. The van der Waals surface area contributed by atoms with Crippen molar-refractivity contribution in [2.45, 2.75) is 39.7 Å². The van der Waals surface area contributed by atoms with Crippen LogP contribution in [0.3, 0.4) is 0 Å². The number of rotatable bonds is 9. The van der Waals surface area contributed by atoms with Gasteiger partial charge < -0.3 is 15.7 Å². The first-order chi connectivity index (χ1) is 9.47. The average molecular weight is 299 g/mol. The Kier molecular flexibility index (Phi) is 7.17. The van der Waals surface area contributed by atoms with Crippen molar-refractivity contribution in [2.75, 3.05) is 11.9 Å². The summed E-state index contributed by atoms with van der Waals surface area (Å²) in [4.78, 5) is 25.6. The van der Waals surface area contributed by atoms with Gasteiger partial charge >= 0.3 is 5.97 Å². The number of hydrogen-bond acceptors (Lipinski definition) is 5. The lowest BCUT2D eigenvalue weighted by molar-refractivity contribution is -0.137.